The van der Waals surface area contributed by atoms with Crippen molar-refractivity contribution in [3.05, 3.63) is 64.0 Å². The summed E-state index contributed by atoms with van der Waals surface area (Å²) in [5.41, 5.74) is -1.80. The van der Waals surface area contributed by atoms with Gasteiger partial charge in [0, 0.05) is 9.58 Å². The van der Waals surface area contributed by atoms with Crippen LogP contribution in [0.4, 0.5) is 22.0 Å². The Kier molecular flexibility index (Phi) is 7.77. The first-order valence-corrected chi connectivity index (χ1v) is 12.4. The Morgan fingerprint density at radius 2 is 1.68 bits per heavy atom. The number of fused-ring (bicyclic) bond motifs is 1. The van der Waals surface area contributed by atoms with Gasteiger partial charge in [0.2, 0.25) is 0 Å². The number of hydrogen-bond donors (Lipinski definition) is 0. The van der Waals surface area contributed by atoms with E-state index in [0.29, 0.717) is 18.1 Å². The van der Waals surface area contributed by atoms with Gasteiger partial charge in [0.05, 0.1) is 19.3 Å². The molecule has 184 valence electrons. The van der Waals surface area contributed by atoms with Crippen molar-refractivity contribution in [2.45, 2.75) is 70.3 Å². The van der Waals surface area contributed by atoms with E-state index < -0.39 is 23.4 Å². The molecule has 1 saturated carbocycles. The molecule has 1 heterocycles. The molecule has 2 aromatic carbocycles. The van der Waals surface area contributed by atoms with E-state index in [0.717, 1.165) is 50.9 Å². The van der Waals surface area contributed by atoms with Gasteiger partial charge in [-0.05, 0) is 85.4 Å². The van der Waals surface area contributed by atoms with Crippen molar-refractivity contribution in [2.24, 2.45) is 0 Å². The van der Waals surface area contributed by atoms with Crippen molar-refractivity contribution >= 4 is 21.4 Å². The first-order valence-electron chi connectivity index (χ1n) is 11.6. The number of benzene rings is 2. The molecule has 0 atom stereocenters. The molecule has 0 radical (unpaired) electrons. The Morgan fingerprint density at radius 3 is 2.32 bits per heavy atom. The van der Waals surface area contributed by atoms with E-state index in [1.54, 1.807) is 11.3 Å². The van der Waals surface area contributed by atoms with Crippen LogP contribution in [0.25, 0.3) is 10.1 Å². The molecule has 4 rings (SSSR count). The average Bonchev–Trinajstić information content (AvgIpc) is 3.20. The zero-order chi connectivity index (χ0) is 24.3. The summed E-state index contributed by atoms with van der Waals surface area (Å²) in [7, 11) is 0. The Balaban J connectivity index is 1.32. The number of alkyl halides is 3. The molecule has 0 N–H and O–H groups in total. The molecule has 2 nitrogen and oxygen atoms in total. The van der Waals surface area contributed by atoms with Gasteiger partial charge in [-0.3, -0.25) is 0 Å². The first kappa shape index (κ1) is 24.9. The normalized spacial score (nSPS) is 19.0. The monoisotopic (exact) mass is 498 g/mol. The van der Waals surface area contributed by atoms with E-state index in [9.17, 15) is 22.0 Å². The quantitative estimate of drug-likeness (QED) is 0.229. The molecule has 0 amide bonds. The third kappa shape index (κ3) is 5.89. The number of rotatable bonds is 8. The summed E-state index contributed by atoms with van der Waals surface area (Å²) in [6.45, 7) is 2.73. The number of unbranched alkanes of at least 4 members (excludes halogenated alkanes) is 1. The highest BCUT2D eigenvalue weighted by molar-refractivity contribution is 7.19. The van der Waals surface area contributed by atoms with Crippen molar-refractivity contribution in [3.8, 4) is 5.75 Å². The lowest BCUT2D eigenvalue weighted by Crippen LogP contribution is -2.20. The summed E-state index contributed by atoms with van der Waals surface area (Å²) in [5.74, 6) is -1.91. The van der Waals surface area contributed by atoms with E-state index in [1.165, 1.54) is 15.0 Å². The van der Waals surface area contributed by atoms with Crippen molar-refractivity contribution in [2.75, 3.05) is 6.61 Å². The summed E-state index contributed by atoms with van der Waals surface area (Å²) in [4.78, 5) is 1.33. The molecule has 3 aromatic rings. The van der Waals surface area contributed by atoms with Crippen LogP contribution in [-0.4, -0.2) is 12.7 Å². The molecule has 0 unspecified atom stereocenters. The minimum Gasteiger partial charge on any atom is -0.494 e. The van der Waals surface area contributed by atoms with Crippen molar-refractivity contribution < 1.29 is 31.4 Å². The molecule has 0 bridgehead atoms. The van der Waals surface area contributed by atoms with Crippen molar-refractivity contribution in [1.82, 2.24) is 0 Å². The third-order valence-electron chi connectivity index (χ3n) is 6.22. The topological polar surface area (TPSA) is 18.5 Å². The van der Waals surface area contributed by atoms with Crippen LogP contribution in [0.5, 0.6) is 5.75 Å². The number of ether oxygens (including phenoxy) is 2. The summed E-state index contributed by atoms with van der Waals surface area (Å²) >= 11 is 1.78. The van der Waals surface area contributed by atoms with Crippen molar-refractivity contribution in [3.63, 3.8) is 0 Å². The number of halogens is 5. The molecular formula is C26H27F5O2S. The largest absolute Gasteiger partial charge is 0.494 e. The molecule has 34 heavy (non-hydrogen) atoms. The first-order chi connectivity index (χ1) is 16.2. The van der Waals surface area contributed by atoms with Gasteiger partial charge in [0.25, 0.3) is 0 Å². The lowest BCUT2D eigenvalue weighted by molar-refractivity contribution is -0.142. The fraction of sp³-hybridized carbons (Fsp3) is 0.462. The second-order valence-corrected chi connectivity index (χ2v) is 9.88. The van der Waals surface area contributed by atoms with Gasteiger partial charge in [-0.2, -0.15) is 13.2 Å². The fourth-order valence-corrected chi connectivity index (χ4v) is 5.63. The average molecular weight is 499 g/mol. The van der Waals surface area contributed by atoms with E-state index in [2.05, 4.69) is 25.1 Å². The summed E-state index contributed by atoms with van der Waals surface area (Å²) < 4.78 is 78.5. The highest BCUT2D eigenvalue weighted by Gasteiger charge is 2.38. The van der Waals surface area contributed by atoms with Crippen molar-refractivity contribution in [1.29, 1.82) is 0 Å². The van der Waals surface area contributed by atoms with Gasteiger partial charge < -0.3 is 9.47 Å². The van der Waals surface area contributed by atoms with E-state index in [-0.39, 0.29) is 18.3 Å². The van der Waals surface area contributed by atoms with Crippen LogP contribution >= 0.6 is 11.3 Å². The van der Waals surface area contributed by atoms with Gasteiger partial charge in [0.15, 0.2) is 0 Å². The van der Waals surface area contributed by atoms with Gasteiger partial charge >= 0.3 is 6.18 Å². The Bertz CT molecular complexity index is 1090. The van der Waals surface area contributed by atoms with Crippen LogP contribution in [0.3, 0.4) is 0 Å². The van der Waals surface area contributed by atoms with Crippen LogP contribution in [0.2, 0.25) is 0 Å². The molecule has 1 aliphatic rings. The molecule has 0 saturated heterocycles. The van der Waals surface area contributed by atoms with E-state index in [1.807, 2.05) is 6.07 Å². The van der Waals surface area contributed by atoms with Crippen LogP contribution in [0.1, 0.15) is 67.4 Å². The molecule has 0 aliphatic heterocycles. The second kappa shape index (κ2) is 10.6. The minimum absolute atomic E-state index is 0.0617. The van der Waals surface area contributed by atoms with E-state index in [4.69, 9.17) is 9.47 Å². The maximum Gasteiger partial charge on any atom is 0.422 e. The summed E-state index contributed by atoms with van der Waals surface area (Å²) in [6.07, 6.45) is 0.392. The van der Waals surface area contributed by atoms with Gasteiger partial charge in [-0.1, -0.05) is 13.3 Å². The molecule has 1 aromatic heterocycles. The summed E-state index contributed by atoms with van der Waals surface area (Å²) in [5, 5.41) is 1.20. The number of hydrogen-bond acceptors (Lipinski definition) is 3. The Labute approximate surface area is 199 Å². The summed E-state index contributed by atoms with van der Waals surface area (Å²) in [6, 6.07) is 9.83. The van der Waals surface area contributed by atoms with Gasteiger partial charge in [-0.25, -0.2) is 8.78 Å². The smallest absolute Gasteiger partial charge is 0.422 e. The fourth-order valence-electron chi connectivity index (χ4n) is 4.37. The van der Waals surface area contributed by atoms with Crippen LogP contribution in [-0.2, 0) is 17.5 Å². The van der Waals surface area contributed by atoms with Crippen LogP contribution in [0, 0.1) is 11.6 Å². The maximum absolute atomic E-state index is 13.8. The van der Waals surface area contributed by atoms with Gasteiger partial charge in [0.1, 0.15) is 22.9 Å². The van der Waals surface area contributed by atoms with Gasteiger partial charge in [-0.15, -0.1) is 11.3 Å². The van der Waals surface area contributed by atoms with Crippen LogP contribution < -0.4 is 4.74 Å². The molecule has 0 spiro atoms. The standard InChI is InChI=1S/C26H27F5O2S/c1-2-3-10-32-20-9-6-18-13-23(34-24(18)14-20)17-4-7-19(8-5-17)33-15-16-11-21(27)25(22(28)12-16)26(29,30)31/h6,9,11-14,17,19H,2-5,7-8,10,15H2,1H3. The zero-order valence-corrected chi connectivity index (χ0v) is 19.7. The predicted molar refractivity (Wildman–Crippen MR) is 123 cm³/mol. The van der Waals surface area contributed by atoms with E-state index >= 15 is 0 Å². The second-order valence-electron chi connectivity index (χ2n) is 8.77. The Morgan fingerprint density at radius 1 is 0.971 bits per heavy atom. The maximum atomic E-state index is 13.8. The third-order valence-corrected chi connectivity index (χ3v) is 7.49. The predicted octanol–water partition coefficient (Wildman–Crippen LogP) is 8.62. The minimum atomic E-state index is -5.07. The van der Waals surface area contributed by atoms with Crippen LogP contribution in [0.15, 0.2) is 36.4 Å². The molecular weight excluding hydrogens is 471 g/mol. The lowest BCUT2D eigenvalue weighted by atomic mass is 9.86. The molecule has 1 fully saturated rings. The lowest BCUT2D eigenvalue weighted by Gasteiger charge is -2.28. The highest BCUT2D eigenvalue weighted by atomic mass is 32.1. The zero-order valence-electron chi connectivity index (χ0n) is 18.9. The SMILES string of the molecule is CCCCOc1ccc2cc(C3CCC(OCc4cc(F)c(C(F)(F)F)c(F)c4)CC3)sc2c1. The molecule has 1 aliphatic carbocycles. The highest BCUT2D eigenvalue weighted by Crippen LogP contribution is 2.41. The Hall–Kier alpha value is -2.19. The number of thiophene rings is 1. The molecule has 8 heteroatoms.